The molecule has 6 heteroatoms. The van der Waals surface area contributed by atoms with Crippen LogP contribution in [0.1, 0.15) is 129 Å². The normalized spacial score (nSPS) is 19.1. The van der Waals surface area contributed by atoms with E-state index < -0.39 is 21.5 Å². The fourth-order valence-corrected chi connectivity index (χ4v) is 41.2. The minimum atomic E-state index is -5.45. The topological polar surface area (TPSA) is 26.3 Å². The van der Waals surface area contributed by atoms with Gasteiger partial charge >= 0.3 is 369 Å². The molecule has 0 N–H and O–H groups in total. The molecule has 4 aliphatic rings. The summed E-state index contributed by atoms with van der Waals surface area (Å²) in [5.41, 5.74) is 18.3. The second-order valence-electron chi connectivity index (χ2n) is 20.5. The number of benzene rings is 4. The number of aryl methyl sites for hydroxylation is 2. The molecule has 2 heterocycles. The summed E-state index contributed by atoms with van der Waals surface area (Å²) >= 11 is -5.45. The maximum absolute atomic E-state index is 9.25. The van der Waals surface area contributed by atoms with Crippen LogP contribution in [0.2, 0.25) is 13.1 Å². The molecule has 4 aromatic carbocycles. The van der Waals surface area contributed by atoms with E-state index >= 15 is 0 Å². The molecule has 0 amide bonds. The summed E-state index contributed by atoms with van der Waals surface area (Å²) in [6, 6.07) is 35.9. The van der Waals surface area contributed by atoms with Gasteiger partial charge in [-0.25, -0.2) is 0 Å². The zero-order chi connectivity index (χ0) is 42.0. The summed E-state index contributed by atoms with van der Waals surface area (Å²) in [5, 5.41) is 0. The molecule has 60 heavy (non-hydrogen) atoms. The maximum atomic E-state index is 9.25. The SMILES string of the molecule is C[SiH](C)[Zr]([Cl])([Cl])([CH]1C(c2ccc(C(C)(C)C)o2)=Cc2c1cc1c(c2-c2ccccc2)CCC1)[CH]1C(c2ccc(C(C)(C)C)o2)=Cc2c1cc1c(c2-c2ccccc2)CCC1. The third kappa shape index (κ3) is 6.24. The van der Waals surface area contributed by atoms with Gasteiger partial charge in [0.25, 0.3) is 0 Å². The molecule has 2 aromatic heterocycles. The molecule has 2 unspecified atom stereocenters. The van der Waals surface area contributed by atoms with Crippen LogP contribution in [-0.4, -0.2) is 5.92 Å². The fraction of sp³-hybridized carbons (Fsp3) is 0.333. The van der Waals surface area contributed by atoms with Gasteiger partial charge in [0.2, 0.25) is 0 Å². The zero-order valence-corrected chi connectivity index (χ0v) is 41.6. The van der Waals surface area contributed by atoms with Gasteiger partial charge in [0, 0.05) is 0 Å². The van der Waals surface area contributed by atoms with Crippen LogP contribution < -0.4 is 0 Å². The first kappa shape index (κ1) is 40.7. The number of rotatable bonds is 7. The number of hydrogen-bond acceptors (Lipinski definition) is 2. The molecule has 0 saturated heterocycles. The second kappa shape index (κ2) is 14.3. The van der Waals surface area contributed by atoms with E-state index in [4.69, 9.17) is 8.83 Å². The summed E-state index contributed by atoms with van der Waals surface area (Å²) in [6.45, 7) is 18.3. The van der Waals surface area contributed by atoms with E-state index in [0.717, 1.165) is 72.7 Å². The first-order valence-electron chi connectivity index (χ1n) is 22.2. The Bertz CT molecular complexity index is 2570. The summed E-state index contributed by atoms with van der Waals surface area (Å²) < 4.78 is 13.7. The van der Waals surface area contributed by atoms with E-state index in [2.05, 4.69) is 164 Å². The number of fused-ring (bicyclic) bond motifs is 4. The molecule has 0 fully saturated rings. The van der Waals surface area contributed by atoms with Crippen molar-refractivity contribution in [3.05, 3.63) is 165 Å². The summed E-state index contributed by atoms with van der Waals surface area (Å²) in [5.74, 6) is 1.77. The molecule has 0 bridgehead atoms. The van der Waals surface area contributed by atoms with E-state index in [0.29, 0.717) is 0 Å². The van der Waals surface area contributed by atoms with Gasteiger partial charge in [0.15, 0.2) is 0 Å². The van der Waals surface area contributed by atoms with Gasteiger partial charge < -0.3 is 0 Å². The number of halogens is 2. The summed E-state index contributed by atoms with van der Waals surface area (Å²) in [7, 11) is 18.5. The zero-order valence-electron chi connectivity index (χ0n) is 36.4. The van der Waals surface area contributed by atoms with Crippen molar-refractivity contribution in [3.63, 3.8) is 0 Å². The van der Waals surface area contributed by atoms with E-state index in [1.165, 1.54) is 66.8 Å². The Morgan fingerprint density at radius 2 is 0.950 bits per heavy atom. The van der Waals surface area contributed by atoms with Crippen molar-refractivity contribution in [2.75, 3.05) is 0 Å². The minimum absolute atomic E-state index is 0.151. The van der Waals surface area contributed by atoms with Crippen molar-refractivity contribution >= 4 is 46.2 Å². The van der Waals surface area contributed by atoms with Crippen LogP contribution in [0.25, 0.3) is 45.6 Å². The Labute approximate surface area is 365 Å². The molecular formula is C54H57Cl2O2SiZr. The quantitative estimate of drug-likeness (QED) is 0.149. The molecule has 0 aliphatic heterocycles. The summed E-state index contributed by atoms with van der Waals surface area (Å²) in [6.07, 6.45) is 11.5. The fourth-order valence-electron chi connectivity index (χ4n) is 11.3. The molecular weight excluding hydrogens is 871 g/mol. The van der Waals surface area contributed by atoms with Gasteiger partial charge in [0.1, 0.15) is 0 Å². The molecule has 0 spiro atoms. The van der Waals surface area contributed by atoms with Crippen LogP contribution in [-0.2, 0) is 52.1 Å². The van der Waals surface area contributed by atoms with E-state index in [1.807, 2.05) is 0 Å². The van der Waals surface area contributed by atoms with E-state index in [-0.39, 0.29) is 18.1 Å². The van der Waals surface area contributed by atoms with Crippen molar-refractivity contribution in [2.24, 2.45) is 0 Å². The van der Waals surface area contributed by atoms with Crippen LogP contribution in [0, 0.1) is 0 Å². The van der Waals surface area contributed by atoms with Crippen molar-refractivity contribution in [1.82, 2.24) is 0 Å². The Hall–Kier alpha value is -3.40. The van der Waals surface area contributed by atoms with E-state index in [1.54, 1.807) is 0 Å². The van der Waals surface area contributed by atoms with Crippen molar-refractivity contribution < 1.29 is 24.4 Å². The average Bonchev–Trinajstić information content (AvgIpc) is 4.06. The van der Waals surface area contributed by atoms with E-state index in [9.17, 15) is 17.0 Å². The third-order valence-corrected chi connectivity index (χ3v) is 65.9. The monoisotopic (exact) mass is 925 g/mol. The number of furan rings is 2. The van der Waals surface area contributed by atoms with Crippen molar-refractivity contribution in [1.29, 1.82) is 0 Å². The molecule has 2 nitrogen and oxygen atoms in total. The average molecular weight is 928 g/mol. The predicted octanol–water partition coefficient (Wildman–Crippen LogP) is 15.7. The molecule has 2 atom stereocenters. The van der Waals surface area contributed by atoms with Gasteiger partial charge in [-0.3, -0.25) is 0 Å². The molecule has 307 valence electrons. The first-order chi connectivity index (χ1) is 28.5. The van der Waals surface area contributed by atoms with Crippen molar-refractivity contribution in [2.45, 2.75) is 111 Å². The third-order valence-electron chi connectivity index (χ3n) is 14.4. The summed E-state index contributed by atoms with van der Waals surface area (Å²) in [4.78, 5) is 0. The second-order valence-corrected chi connectivity index (χ2v) is 63.0. The van der Waals surface area contributed by atoms with Crippen LogP contribution in [0.15, 0.2) is 106 Å². The van der Waals surface area contributed by atoms with Crippen LogP contribution in [0.4, 0.5) is 0 Å². The standard InChI is InChI=1S/2C26H25O.C2H7Si.2ClH.Zr/c2*1-26(2,3)24-13-12-23(27-24)20-15-19-14-18-10-7-11-21(18)25(22(19)16-20)17-8-5-4-6-9-17;1-3-2;;;/h2*4-6,8-9,12-16H,7,10-11H2,1-3H3;3H,1-2H3;2*1H;/q;;;;;+2/p-2. The Morgan fingerprint density at radius 1 is 0.550 bits per heavy atom. The predicted molar refractivity (Wildman–Crippen MR) is 254 cm³/mol. The molecule has 10 rings (SSSR count). The van der Waals surface area contributed by atoms with Gasteiger partial charge in [-0.05, 0) is 0 Å². The van der Waals surface area contributed by atoms with Gasteiger partial charge in [0.05, 0.1) is 0 Å². The van der Waals surface area contributed by atoms with Crippen LogP contribution in [0.3, 0.4) is 0 Å². The molecule has 0 saturated carbocycles. The Balaban J connectivity index is 1.30. The Morgan fingerprint density at radius 3 is 1.30 bits per heavy atom. The molecule has 4 aliphatic carbocycles. The number of allylic oxidation sites excluding steroid dienone is 2. The van der Waals surface area contributed by atoms with Gasteiger partial charge in [-0.15, -0.1) is 0 Å². The number of hydrogen-bond donors (Lipinski definition) is 0. The Kier molecular flexibility index (Phi) is 9.70. The van der Waals surface area contributed by atoms with Crippen LogP contribution >= 0.6 is 17.0 Å². The van der Waals surface area contributed by atoms with Crippen LogP contribution in [0.5, 0.6) is 0 Å². The van der Waals surface area contributed by atoms with Crippen molar-refractivity contribution in [3.8, 4) is 22.3 Å². The van der Waals surface area contributed by atoms with Gasteiger partial charge in [-0.2, -0.15) is 0 Å². The molecule has 6 aromatic rings. The molecule has 0 radical (unpaired) electrons. The van der Waals surface area contributed by atoms with Gasteiger partial charge in [-0.1, -0.05) is 0 Å². The first-order valence-corrected chi connectivity index (χ1v) is 38.5.